The molecule has 0 spiro atoms. The van der Waals surface area contributed by atoms with Crippen LogP contribution in [0.3, 0.4) is 0 Å². The number of benzene rings is 1. The van der Waals surface area contributed by atoms with Crippen molar-refractivity contribution >= 4 is 11.5 Å². The molecular weight excluding hydrogens is 216 g/mol. The Morgan fingerprint density at radius 2 is 1.76 bits per heavy atom. The maximum atomic E-state index is 5.70. The van der Waals surface area contributed by atoms with E-state index in [4.69, 9.17) is 15.2 Å². The smallest absolute Gasteiger partial charge is 0.163 e. The highest BCUT2D eigenvalue weighted by molar-refractivity contribution is 5.83. The molecule has 94 valence electrons. The average Bonchev–Trinajstić information content (AvgIpc) is 2.33. The zero-order chi connectivity index (χ0) is 12.7. The molecule has 1 aromatic carbocycles. The molecule has 0 aliphatic rings. The maximum Gasteiger partial charge on any atom is 0.163 e. The summed E-state index contributed by atoms with van der Waals surface area (Å²) in [6, 6.07) is 5.57. The Hall–Kier alpha value is -1.71. The molecule has 0 saturated heterocycles. The fourth-order valence-corrected chi connectivity index (χ4v) is 1.35. The minimum atomic E-state index is 0.594. The van der Waals surface area contributed by atoms with Gasteiger partial charge in [0.2, 0.25) is 0 Å². The van der Waals surface area contributed by atoms with Gasteiger partial charge in [-0.05, 0) is 26.0 Å². The first-order chi connectivity index (χ1) is 8.21. The summed E-state index contributed by atoms with van der Waals surface area (Å²) in [5.41, 5.74) is 6.49. The summed E-state index contributed by atoms with van der Waals surface area (Å²) in [4.78, 5) is 4.28. The standard InChI is InChI=1S/C13H20N2O2/c1-4-13(14)15-10-7-8-11(16-5-2)12(9-10)17-6-3/h7-9H,4-6H2,1-3H3,(H2,14,15). The number of amidine groups is 1. The van der Waals surface area contributed by atoms with E-state index in [0.717, 1.165) is 17.9 Å². The fourth-order valence-electron chi connectivity index (χ4n) is 1.35. The third-order valence-corrected chi connectivity index (χ3v) is 2.16. The van der Waals surface area contributed by atoms with Crippen molar-refractivity contribution in [3.05, 3.63) is 18.2 Å². The third kappa shape index (κ3) is 3.98. The van der Waals surface area contributed by atoms with Crippen LogP contribution in [0.25, 0.3) is 0 Å². The number of ether oxygens (including phenoxy) is 2. The Bertz CT molecular complexity index is 389. The van der Waals surface area contributed by atoms with Crippen LogP contribution >= 0.6 is 0 Å². The van der Waals surface area contributed by atoms with Crippen molar-refractivity contribution in [2.75, 3.05) is 13.2 Å². The molecule has 4 nitrogen and oxygen atoms in total. The molecule has 0 fully saturated rings. The van der Waals surface area contributed by atoms with Crippen molar-refractivity contribution in [2.24, 2.45) is 10.7 Å². The molecule has 2 N–H and O–H groups in total. The predicted molar refractivity (Wildman–Crippen MR) is 70.4 cm³/mol. The first-order valence-corrected chi connectivity index (χ1v) is 5.93. The lowest BCUT2D eigenvalue weighted by Gasteiger charge is -2.11. The Morgan fingerprint density at radius 1 is 1.12 bits per heavy atom. The van der Waals surface area contributed by atoms with E-state index in [0.29, 0.717) is 24.8 Å². The topological polar surface area (TPSA) is 56.8 Å². The van der Waals surface area contributed by atoms with E-state index in [1.807, 2.05) is 39.0 Å². The molecule has 0 unspecified atom stereocenters. The highest BCUT2D eigenvalue weighted by Crippen LogP contribution is 2.31. The molecule has 0 radical (unpaired) electrons. The molecule has 0 heterocycles. The number of nitrogens with zero attached hydrogens (tertiary/aromatic N) is 1. The van der Waals surface area contributed by atoms with Crippen LogP contribution in [0.2, 0.25) is 0 Å². The summed E-state index contributed by atoms with van der Waals surface area (Å²) in [6.45, 7) is 7.05. The van der Waals surface area contributed by atoms with Crippen LogP contribution in [-0.4, -0.2) is 19.0 Å². The van der Waals surface area contributed by atoms with E-state index in [9.17, 15) is 0 Å². The average molecular weight is 236 g/mol. The van der Waals surface area contributed by atoms with Crippen LogP contribution in [0.1, 0.15) is 27.2 Å². The predicted octanol–water partition coefficient (Wildman–Crippen LogP) is 2.88. The summed E-state index contributed by atoms with van der Waals surface area (Å²) in [5, 5.41) is 0. The van der Waals surface area contributed by atoms with E-state index in [2.05, 4.69) is 4.99 Å². The molecule has 0 atom stereocenters. The Labute approximate surface area is 102 Å². The van der Waals surface area contributed by atoms with Gasteiger partial charge in [-0.3, -0.25) is 0 Å². The second-order valence-electron chi connectivity index (χ2n) is 3.45. The van der Waals surface area contributed by atoms with Crippen LogP contribution in [0, 0.1) is 0 Å². The number of nitrogens with two attached hydrogens (primary N) is 1. The van der Waals surface area contributed by atoms with Gasteiger partial charge in [0.1, 0.15) is 0 Å². The van der Waals surface area contributed by atoms with Gasteiger partial charge < -0.3 is 15.2 Å². The van der Waals surface area contributed by atoms with Crippen molar-refractivity contribution in [3.8, 4) is 11.5 Å². The first-order valence-electron chi connectivity index (χ1n) is 5.93. The number of rotatable bonds is 6. The van der Waals surface area contributed by atoms with Crippen molar-refractivity contribution < 1.29 is 9.47 Å². The van der Waals surface area contributed by atoms with E-state index in [-0.39, 0.29) is 0 Å². The minimum absolute atomic E-state index is 0.594. The van der Waals surface area contributed by atoms with Gasteiger partial charge in [0.05, 0.1) is 24.7 Å². The lowest BCUT2D eigenvalue weighted by atomic mass is 10.2. The largest absolute Gasteiger partial charge is 0.490 e. The molecule has 17 heavy (non-hydrogen) atoms. The van der Waals surface area contributed by atoms with Gasteiger partial charge in [0.25, 0.3) is 0 Å². The van der Waals surface area contributed by atoms with Crippen LogP contribution in [0.4, 0.5) is 5.69 Å². The third-order valence-electron chi connectivity index (χ3n) is 2.16. The van der Waals surface area contributed by atoms with Crippen molar-refractivity contribution in [3.63, 3.8) is 0 Å². The SMILES string of the molecule is CCOc1ccc(N=C(N)CC)cc1OCC. The summed E-state index contributed by atoms with van der Waals surface area (Å²) < 4.78 is 11.0. The summed E-state index contributed by atoms with van der Waals surface area (Å²) in [6.07, 6.45) is 0.733. The highest BCUT2D eigenvalue weighted by atomic mass is 16.5. The van der Waals surface area contributed by atoms with E-state index < -0.39 is 0 Å². The van der Waals surface area contributed by atoms with Crippen LogP contribution in [0.15, 0.2) is 23.2 Å². The van der Waals surface area contributed by atoms with Crippen LogP contribution in [-0.2, 0) is 0 Å². The zero-order valence-electron chi connectivity index (χ0n) is 10.7. The number of hydrogen-bond donors (Lipinski definition) is 1. The monoisotopic (exact) mass is 236 g/mol. The van der Waals surface area contributed by atoms with Crippen LogP contribution in [0.5, 0.6) is 11.5 Å². The minimum Gasteiger partial charge on any atom is -0.490 e. The quantitative estimate of drug-likeness (QED) is 0.610. The Balaban J connectivity index is 3.00. The van der Waals surface area contributed by atoms with Gasteiger partial charge >= 0.3 is 0 Å². The van der Waals surface area contributed by atoms with Gasteiger partial charge in [-0.2, -0.15) is 0 Å². The van der Waals surface area contributed by atoms with E-state index in [1.165, 1.54) is 0 Å². The lowest BCUT2D eigenvalue weighted by molar-refractivity contribution is 0.288. The highest BCUT2D eigenvalue weighted by Gasteiger charge is 2.05. The molecule has 0 amide bonds. The molecule has 0 aromatic heterocycles. The Morgan fingerprint density at radius 3 is 2.35 bits per heavy atom. The van der Waals surface area contributed by atoms with Crippen molar-refractivity contribution in [2.45, 2.75) is 27.2 Å². The van der Waals surface area contributed by atoms with Gasteiger partial charge in [0, 0.05) is 12.5 Å². The van der Waals surface area contributed by atoms with Gasteiger partial charge in [-0.15, -0.1) is 0 Å². The van der Waals surface area contributed by atoms with Crippen LogP contribution < -0.4 is 15.2 Å². The molecule has 0 bridgehead atoms. The molecular formula is C13H20N2O2. The molecule has 0 aliphatic heterocycles. The van der Waals surface area contributed by atoms with Gasteiger partial charge in [-0.25, -0.2) is 4.99 Å². The summed E-state index contributed by atoms with van der Waals surface area (Å²) >= 11 is 0. The number of aliphatic imine (C=N–C) groups is 1. The molecule has 4 heteroatoms. The first kappa shape index (κ1) is 13.4. The van der Waals surface area contributed by atoms with Gasteiger partial charge in [0.15, 0.2) is 11.5 Å². The van der Waals surface area contributed by atoms with E-state index in [1.54, 1.807) is 0 Å². The fraction of sp³-hybridized carbons (Fsp3) is 0.462. The Kier molecular flexibility index (Phi) is 5.33. The van der Waals surface area contributed by atoms with Gasteiger partial charge in [-0.1, -0.05) is 6.92 Å². The normalized spacial score (nSPS) is 11.4. The summed E-state index contributed by atoms with van der Waals surface area (Å²) in [5.74, 6) is 2.06. The lowest BCUT2D eigenvalue weighted by Crippen LogP contribution is -2.08. The maximum absolute atomic E-state index is 5.70. The molecule has 0 saturated carbocycles. The van der Waals surface area contributed by atoms with E-state index >= 15 is 0 Å². The van der Waals surface area contributed by atoms with Crippen molar-refractivity contribution in [1.82, 2.24) is 0 Å². The van der Waals surface area contributed by atoms with Crippen molar-refractivity contribution in [1.29, 1.82) is 0 Å². The second-order valence-corrected chi connectivity index (χ2v) is 3.45. The second kappa shape index (κ2) is 6.78. The number of hydrogen-bond acceptors (Lipinski definition) is 3. The zero-order valence-corrected chi connectivity index (χ0v) is 10.7. The molecule has 1 rings (SSSR count). The summed E-state index contributed by atoms with van der Waals surface area (Å²) in [7, 11) is 0. The molecule has 0 aliphatic carbocycles. The molecule has 1 aromatic rings.